The summed E-state index contributed by atoms with van der Waals surface area (Å²) in [6, 6.07) is 27.5. The second kappa shape index (κ2) is 7.97. The van der Waals surface area contributed by atoms with E-state index >= 15 is 0 Å². The molecule has 2 heterocycles. The molecule has 1 aromatic heterocycles. The zero-order valence-electron chi connectivity index (χ0n) is 17.1. The van der Waals surface area contributed by atoms with Gasteiger partial charge in [0.1, 0.15) is 0 Å². The van der Waals surface area contributed by atoms with Gasteiger partial charge in [0, 0.05) is 22.6 Å². The summed E-state index contributed by atoms with van der Waals surface area (Å²) in [5.74, 6) is 0. The van der Waals surface area contributed by atoms with Crippen LogP contribution >= 0.6 is 11.6 Å². The van der Waals surface area contributed by atoms with Gasteiger partial charge in [0.05, 0.1) is 18.3 Å². The molecule has 0 unspecified atom stereocenters. The van der Waals surface area contributed by atoms with Crippen LogP contribution in [0.1, 0.15) is 28.4 Å². The van der Waals surface area contributed by atoms with E-state index in [0.29, 0.717) is 11.6 Å². The van der Waals surface area contributed by atoms with Crippen LogP contribution in [0.25, 0.3) is 5.69 Å². The molecule has 0 fully saturated rings. The molecule has 5 rings (SSSR count). The van der Waals surface area contributed by atoms with E-state index in [0.717, 1.165) is 33.8 Å². The van der Waals surface area contributed by atoms with Crippen LogP contribution in [0.5, 0.6) is 0 Å². The number of aryl methyl sites for hydroxylation is 1. The number of hydrogen-bond acceptors (Lipinski definition) is 1. The maximum absolute atomic E-state index is 13.6. The molecule has 3 aromatic carbocycles. The molecule has 0 spiro atoms. The Morgan fingerprint density at radius 3 is 2.45 bits per heavy atom. The Morgan fingerprint density at radius 2 is 1.68 bits per heavy atom. The molecular weight excluding hydrogens is 406 g/mol. The predicted octanol–water partition coefficient (Wildman–Crippen LogP) is 6.58. The lowest BCUT2D eigenvalue weighted by Crippen LogP contribution is -2.37. The summed E-state index contributed by atoms with van der Waals surface area (Å²) in [7, 11) is 0. The minimum Gasteiger partial charge on any atom is -0.318 e. The Morgan fingerprint density at radius 1 is 0.935 bits per heavy atom. The predicted molar refractivity (Wildman–Crippen MR) is 125 cm³/mol. The first-order chi connectivity index (χ1) is 15.1. The van der Waals surface area contributed by atoms with Crippen molar-refractivity contribution in [2.45, 2.75) is 19.5 Å². The van der Waals surface area contributed by atoms with Crippen LogP contribution in [0.2, 0.25) is 5.02 Å². The van der Waals surface area contributed by atoms with Crippen LogP contribution in [-0.4, -0.2) is 15.5 Å². The molecule has 154 valence electrons. The van der Waals surface area contributed by atoms with Crippen molar-refractivity contribution in [2.24, 2.45) is 0 Å². The first-order valence-corrected chi connectivity index (χ1v) is 10.6. The number of para-hydroxylation sites is 1. The fourth-order valence-electron chi connectivity index (χ4n) is 4.17. The summed E-state index contributed by atoms with van der Waals surface area (Å²) in [5.41, 5.74) is 6.15. The third kappa shape index (κ3) is 3.71. The van der Waals surface area contributed by atoms with Crippen LogP contribution in [-0.2, 0) is 6.54 Å². The summed E-state index contributed by atoms with van der Waals surface area (Å²) >= 11 is 6.16. The van der Waals surface area contributed by atoms with E-state index in [2.05, 4.69) is 34.3 Å². The zero-order valence-corrected chi connectivity index (χ0v) is 17.9. The maximum atomic E-state index is 13.6. The van der Waals surface area contributed by atoms with Crippen LogP contribution < -0.4 is 5.32 Å². The number of aromatic nitrogens is 1. The van der Waals surface area contributed by atoms with Crippen LogP contribution in [0.15, 0.2) is 91.1 Å². The van der Waals surface area contributed by atoms with E-state index in [9.17, 15) is 4.79 Å². The van der Waals surface area contributed by atoms with Crippen molar-refractivity contribution in [3.05, 3.63) is 119 Å². The largest absolute Gasteiger partial charge is 0.322 e. The quantitative estimate of drug-likeness (QED) is 0.385. The van der Waals surface area contributed by atoms with Gasteiger partial charge in [0.2, 0.25) is 0 Å². The molecule has 5 heteroatoms. The van der Waals surface area contributed by atoms with Crippen molar-refractivity contribution in [3.8, 4) is 5.69 Å². The molecule has 0 saturated carbocycles. The molecule has 0 radical (unpaired) electrons. The van der Waals surface area contributed by atoms with Gasteiger partial charge in [-0.15, -0.1) is 0 Å². The van der Waals surface area contributed by atoms with Crippen molar-refractivity contribution in [1.82, 2.24) is 9.47 Å². The number of anilines is 1. The fourth-order valence-corrected chi connectivity index (χ4v) is 4.29. The molecule has 0 bridgehead atoms. The van der Waals surface area contributed by atoms with Crippen molar-refractivity contribution in [2.75, 3.05) is 5.32 Å². The van der Waals surface area contributed by atoms with E-state index in [4.69, 9.17) is 11.6 Å². The maximum Gasteiger partial charge on any atom is 0.322 e. The molecule has 31 heavy (non-hydrogen) atoms. The Kier molecular flexibility index (Phi) is 5.00. The molecule has 1 atom stereocenters. The number of benzene rings is 3. The van der Waals surface area contributed by atoms with Gasteiger partial charge in [-0.1, -0.05) is 59.6 Å². The summed E-state index contributed by atoms with van der Waals surface area (Å²) in [6.45, 7) is 2.52. The van der Waals surface area contributed by atoms with Gasteiger partial charge in [0.15, 0.2) is 0 Å². The summed E-state index contributed by atoms with van der Waals surface area (Å²) < 4.78 is 2.17. The van der Waals surface area contributed by atoms with Crippen molar-refractivity contribution < 1.29 is 4.79 Å². The third-order valence-corrected chi connectivity index (χ3v) is 5.97. The first-order valence-electron chi connectivity index (χ1n) is 10.3. The second-order valence-electron chi connectivity index (χ2n) is 7.81. The lowest BCUT2D eigenvalue weighted by Gasteiger charge is -2.31. The molecule has 4 aromatic rings. The highest BCUT2D eigenvalue weighted by Crippen LogP contribution is 2.37. The van der Waals surface area contributed by atoms with E-state index in [-0.39, 0.29) is 12.1 Å². The van der Waals surface area contributed by atoms with Crippen LogP contribution in [0, 0.1) is 6.92 Å². The highest BCUT2D eigenvalue weighted by Gasteiger charge is 2.32. The van der Waals surface area contributed by atoms with E-state index in [1.54, 1.807) is 0 Å². The number of halogens is 1. The highest BCUT2D eigenvalue weighted by molar-refractivity contribution is 6.30. The Bertz CT molecular complexity index is 1230. The van der Waals surface area contributed by atoms with E-state index in [1.165, 1.54) is 0 Å². The minimum atomic E-state index is -0.259. The van der Waals surface area contributed by atoms with Gasteiger partial charge in [-0.25, -0.2) is 4.79 Å². The van der Waals surface area contributed by atoms with Gasteiger partial charge < -0.3 is 14.8 Å². The molecule has 2 amide bonds. The van der Waals surface area contributed by atoms with Gasteiger partial charge in [0.25, 0.3) is 0 Å². The number of urea groups is 1. The molecule has 1 aliphatic heterocycles. The average molecular weight is 428 g/mol. The molecule has 1 aliphatic rings. The van der Waals surface area contributed by atoms with Crippen LogP contribution in [0.4, 0.5) is 10.5 Å². The molecule has 4 nitrogen and oxygen atoms in total. The fraction of sp³-hybridized carbons (Fsp3) is 0.115. The van der Waals surface area contributed by atoms with E-state index < -0.39 is 0 Å². The number of fused-ring (bicyclic) bond motifs is 3. The van der Waals surface area contributed by atoms with Gasteiger partial charge >= 0.3 is 6.03 Å². The van der Waals surface area contributed by atoms with Gasteiger partial charge in [-0.05, 0) is 60.5 Å². The molecule has 0 aliphatic carbocycles. The molecule has 1 N–H and O–H groups in total. The van der Waals surface area contributed by atoms with E-state index in [1.807, 2.05) is 78.6 Å². The normalized spacial score (nSPS) is 15.0. The first kappa shape index (κ1) is 19.5. The lowest BCUT2D eigenvalue weighted by molar-refractivity contribution is 0.194. The number of nitrogens with zero attached hydrogens (tertiary/aromatic N) is 2. The second-order valence-corrected chi connectivity index (χ2v) is 8.25. The minimum absolute atomic E-state index is 0.145. The number of rotatable bonds is 2. The lowest BCUT2D eigenvalue weighted by atomic mass is 10.0. The SMILES string of the molecule is Cc1ccc(NC(=O)N2Cc3ccccc3-n3cccc3[C@@H]2c2ccc(Cl)cc2)cc1. The summed E-state index contributed by atoms with van der Waals surface area (Å²) in [6.07, 6.45) is 2.05. The van der Waals surface area contributed by atoms with Gasteiger partial charge in [-0.3, -0.25) is 0 Å². The Hall–Kier alpha value is -3.50. The van der Waals surface area contributed by atoms with Crippen molar-refractivity contribution >= 4 is 23.3 Å². The Labute approximate surface area is 186 Å². The Balaban J connectivity index is 1.62. The smallest absolute Gasteiger partial charge is 0.318 e. The summed E-state index contributed by atoms with van der Waals surface area (Å²) in [5, 5.41) is 3.76. The number of carbonyl (C=O) groups is 1. The highest BCUT2D eigenvalue weighted by atomic mass is 35.5. The average Bonchev–Trinajstić information content (AvgIpc) is 3.20. The van der Waals surface area contributed by atoms with Crippen molar-refractivity contribution in [1.29, 1.82) is 0 Å². The number of amides is 2. The monoisotopic (exact) mass is 427 g/mol. The van der Waals surface area contributed by atoms with Crippen LogP contribution in [0.3, 0.4) is 0 Å². The number of hydrogen-bond donors (Lipinski definition) is 1. The topological polar surface area (TPSA) is 37.3 Å². The molecule has 0 saturated heterocycles. The third-order valence-electron chi connectivity index (χ3n) is 5.71. The standard InChI is InChI=1S/C26H22ClN3O/c1-18-8-14-22(15-9-18)28-26(31)30-17-20-5-2-3-6-23(20)29-16-4-7-24(29)25(30)19-10-12-21(27)13-11-19/h2-16,25H,17H2,1H3,(H,28,31)/t25-/m0/s1. The van der Waals surface area contributed by atoms with Gasteiger partial charge in [-0.2, -0.15) is 0 Å². The molecular formula is C26H22ClN3O. The zero-order chi connectivity index (χ0) is 21.4. The number of nitrogens with one attached hydrogen (secondary N) is 1. The number of carbonyl (C=O) groups excluding carboxylic acids is 1. The summed E-state index contributed by atoms with van der Waals surface area (Å²) in [4.78, 5) is 15.5. The van der Waals surface area contributed by atoms with Crippen molar-refractivity contribution in [3.63, 3.8) is 0 Å².